The summed E-state index contributed by atoms with van der Waals surface area (Å²) in [5.41, 5.74) is 0.900. The quantitative estimate of drug-likeness (QED) is 0.415. The highest BCUT2D eigenvalue weighted by molar-refractivity contribution is 6.17. The number of benzene rings is 2. The number of carbonyl (C=O) groups is 1. The van der Waals surface area contributed by atoms with E-state index in [1.165, 1.54) is 6.07 Å². The van der Waals surface area contributed by atoms with Crippen LogP contribution in [0, 0.1) is 17.0 Å². The number of aryl methyl sites for hydroxylation is 1. The number of nitrogens with zero attached hydrogens (tertiary/aromatic N) is 1. The minimum absolute atomic E-state index is 0.136. The Balaban J connectivity index is 2.25. The zero-order chi connectivity index (χ0) is 15.0. The smallest absolute Gasteiger partial charge is 0.312 e. The van der Waals surface area contributed by atoms with Crippen LogP contribution in [0.25, 0.3) is 11.0 Å². The Kier molecular flexibility index (Phi) is 3.02. The molecule has 3 aromatic rings. The summed E-state index contributed by atoms with van der Waals surface area (Å²) in [6, 6.07) is 13.4. The molecule has 0 saturated carbocycles. The molecule has 2 aromatic carbocycles. The highest BCUT2D eigenvalue weighted by Crippen LogP contribution is 2.33. The zero-order valence-electron chi connectivity index (χ0n) is 11.2. The standard InChI is InChI=1S/C16H11NO4/c1-10-14(15(18)11-6-3-2-4-7-11)12-8-5-9-13(17(19)20)16(12)21-10/h2-9H,1H3. The van der Waals surface area contributed by atoms with Crippen LogP contribution in [-0.4, -0.2) is 10.7 Å². The van der Waals surface area contributed by atoms with Crippen molar-refractivity contribution in [3.05, 3.63) is 75.5 Å². The predicted molar refractivity (Wildman–Crippen MR) is 77.5 cm³/mol. The van der Waals surface area contributed by atoms with Gasteiger partial charge in [0.2, 0.25) is 5.58 Å². The van der Waals surface area contributed by atoms with Gasteiger partial charge in [0.1, 0.15) is 5.76 Å². The van der Waals surface area contributed by atoms with Crippen molar-refractivity contribution in [3.8, 4) is 0 Å². The Morgan fingerprint density at radius 2 is 1.81 bits per heavy atom. The maximum absolute atomic E-state index is 12.6. The molecule has 0 aliphatic heterocycles. The Morgan fingerprint density at radius 3 is 2.48 bits per heavy atom. The molecule has 0 bridgehead atoms. The van der Waals surface area contributed by atoms with E-state index in [1.807, 2.05) is 6.07 Å². The first kappa shape index (κ1) is 13.1. The van der Waals surface area contributed by atoms with E-state index >= 15 is 0 Å². The monoisotopic (exact) mass is 281 g/mol. The minimum Gasteiger partial charge on any atom is -0.453 e. The molecule has 5 nitrogen and oxygen atoms in total. The molecule has 0 aliphatic carbocycles. The highest BCUT2D eigenvalue weighted by Gasteiger charge is 2.24. The van der Waals surface area contributed by atoms with Gasteiger partial charge in [-0.25, -0.2) is 0 Å². The normalized spacial score (nSPS) is 10.7. The molecule has 0 fully saturated rings. The number of rotatable bonds is 3. The van der Waals surface area contributed by atoms with E-state index in [4.69, 9.17) is 4.42 Å². The first-order valence-corrected chi connectivity index (χ1v) is 6.36. The van der Waals surface area contributed by atoms with Crippen LogP contribution in [0.1, 0.15) is 21.7 Å². The summed E-state index contributed by atoms with van der Waals surface area (Å²) in [5, 5.41) is 11.5. The predicted octanol–water partition coefficient (Wildman–Crippen LogP) is 3.88. The van der Waals surface area contributed by atoms with E-state index in [-0.39, 0.29) is 17.1 Å². The van der Waals surface area contributed by atoms with Gasteiger partial charge in [-0.3, -0.25) is 14.9 Å². The van der Waals surface area contributed by atoms with Gasteiger partial charge in [-0.05, 0) is 13.0 Å². The van der Waals surface area contributed by atoms with Crippen molar-refractivity contribution in [2.24, 2.45) is 0 Å². The summed E-state index contributed by atoms with van der Waals surface area (Å²) >= 11 is 0. The van der Waals surface area contributed by atoms with E-state index in [1.54, 1.807) is 43.3 Å². The van der Waals surface area contributed by atoms with Crippen LogP contribution in [0.2, 0.25) is 0 Å². The van der Waals surface area contributed by atoms with Crippen LogP contribution < -0.4 is 0 Å². The summed E-state index contributed by atoms with van der Waals surface area (Å²) in [6.07, 6.45) is 0. The number of furan rings is 1. The van der Waals surface area contributed by atoms with Gasteiger partial charge in [0.05, 0.1) is 10.5 Å². The molecule has 0 atom stereocenters. The summed E-state index contributed by atoms with van der Waals surface area (Å²) in [4.78, 5) is 23.1. The largest absolute Gasteiger partial charge is 0.453 e. The third-order valence-electron chi connectivity index (χ3n) is 3.33. The fraction of sp³-hybridized carbons (Fsp3) is 0.0625. The topological polar surface area (TPSA) is 73.3 Å². The summed E-state index contributed by atoms with van der Waals surface area (Å²) in [5.74, 6) is 0.181. The van der Waals surface area contributed by atoms with Crippen LogP contribution in [0.4, 0.5) is 5.69 Å². The van der Waals surface area contributed by atoms with E-state index in [2.05, 4.69) is 0 Å². The maximum Gasteiger partial charge on any atom is 0.312 e. The second-order valence-corrected chi connectivity index (χ2v) is 4.64. The van der Waals surface area contributed by atoms with E-state index in [0.717, 1.165) is 0 Å². The van der Waals surface area contributed by atoms with Crippen molar-refractivity contribution >= 4 is 22.4 Å². The number of ketones is 1. The molecule has 0 spiro atoms. The van der Waals surface area contributed by atoms with Gasteiger partial charge in [-0.15, -0.1) is 0 Å². The van der Waals surface area contributed by atoms with Crippen LogP contribution in [-0.2, 0) is 0 Å². The molecular weight excluding hydrogens is 270 g/mol. The first-order chi connectivity index (χ1) is 10.1. The molecule has 0 saturated heterocycles. The average molecular weight is 281 g/mol. The van der Waals surface area contributed by atoms with E-state index in [9.17, 15) is 14.9 Å². The molecule has 0 aliphatic rings. The third-order valence-corrected chi connectivity index (χ3v) is 3.33. The molecule has 104 valence electrons. The summed E-state index contributed by atoms with van der Waals surface area (Å²) < 4.78 is 5.47. The van der Waals surface area contributed by atoms with Crippen LogP contribution in [0.5, 0.6) is 0 Å². The van der Waals surface area contributed by atoms with E-state index < -0.39 is 4.92 Å². The second kappa shape index (κ2) is 4.86. The Labute approximate surface area is 120 Å². The average Bonchev–Trinajstić information content (AvgIpc) is 2.82. The molecule has 1 heterocycles. The molecule has 3 rings (SSSR count). The van der Waals surface area contributed by atoms with Crippen LogP contribution in [0.3, 0.4) is 0 Å². The third kappa shape index (κ3) is 2.08. The summed E-state index contributed by atoms with van der Waals surface area (Å²) in [6.45, 7) is 1.64. The van der Waals surface area contributed by atoms with Crippen LogP contribution >= 0.6 is 0 Å². The SMILES string of the molecule is Cc1oc2c([N+](=O)[O-])cccc2c1C(=O)c1ccccc1. The molecule has 1 aromatic heterocycles. The van der Waals surface area contributed by atoms with Gasteiger partial charge in [0.15, 0.2) is 5.78 Å². The van der Waals surface area contributed by atoms with E-state index in [0.29, 0.717) is 22.3 Å². The van der Waals surface area contributed by atoms with Gasteiger partial charge in [-0.2, -0.15) is 0 Å². The number of fused-ring (bicyclic) bond motifs is 1. The van der Waals surface area contributed by atoms with Crippen molar-refractivity contribution in [1.29, 1.82) is 0 Å². The lowest BCUT2D eigenvalue weighted by Crippen LogP contribution is -2.01. The molecule has 0 N–H and O–H groups in total. The van der Waals surface area contributed by atoms with Crippen molar-refractivity contribution in [2.45, 2.75) is 6.92 Å². The van der Waals surface area contributed by atoms with Crippen molar-refractivity contribution in [1.82, 2.24) is 0 Å². The van der Waals surface area contributed by atoms with Gasteiger partial charge in [-0.1, -0.05) is 36.4 Å². The van der Waals surface area contributed by atoms with Gasteiger partial charge < -0.3 is 4.42 Å². The number of hydrogen-bond acceptors (Lipinski definition) is 4. The molecule has 21 heavy (non-hydrogen) atoms. The highest BCUT2D eigenvalue weighted by atomic mass is 16.6. The zero-order valence-corrected chi connectivity index (χ0v) is 11.2. The molecule has 5 heteroatoms. The van der Waals surface area contributed by atoms with Gasteiger partial charge in [0, 0.05) is 17.0 Å². The maximum atomic E-state index is 12.6. The Morgan fingerprint density at radius 1 is 1.10 bits per heavy atom. The van der Waals surface area contributed by atoms with Crippen LogP contribution in [0.15, 0.2) is 52.9 Å². The number of nitro groups is 1. The second-order valence-electron chi connectivity index (χ2n) is 4.64. The molecular formula is C16H11NO4. The fourth-order valence-electron chi connectivity index (χ4n) is 2.38. The Bertz CT molecular complexity index is 849. The number of carbonyl (C=O) groups excluding carboxylic acids is 1. The number of nitro benzene ring substituents is 1. The number of non-ortho nitro benzene ring substituents is 1. The summed E-state index contributed by atoms with van der Waals surface area (Å²) in [7, 11) is 0. The number of hydrogen-bond donors (Lipinski definition) is 0. The van der Waals surface area contributed by atoms with Gasteiger partial charge >= 0.3 is 5.69 Å². The number of para-hydroxylation sites is 1. The van der Waals surface area contributed by atoms with Crippen molar-refractivity contribution in [2.75, 3.05) is 0 Å². The molecule has 0 amide bonds. The first-order valence-electron chi connectivity index (χ1n) is 6.36. The molecule has 0 radical (unpaired) electrons. The fourth-order valence-corrected chi connectivity index (χ4v) is 2.38. The van der Waals surface area contributed by atoms with Crippen molar-refractivity contribution in [3.63, 3.8) is 0 Å². The van der Waals surface area contributed by atoms with Crippen molar-refractivity contribution < 1.29 is 14.1 Å². The minimum atomic E-state index is -0.512. The lowest BCUT2D eigenvalue weighted by Gasteiger charge is -1.99. The Hall–Kier alpha value is -2.95. The lowest BCUT2D eigenvalue weighted by atomic mass is 10.0. The lowest BCUT2D eigenvalue weighted by molar-refractivity contribution is -0.383. The van der Waals surface area contributed by atoms with Gasteiger partial charge in [0.25, 0.3) is 0 Å². The molecule has 0 unspecified atom stereocenters.